The van der Waals surface area contributed by atoms with Gasteiger partial charge in [0, 0.05) is 34.5 Å². The number of aromatic amines is 1. The first kappa shape index (κ1) is 24.0. The molecule has 0 bridgehead atoms. The second kappa shape index (κ2) is 9.26. The van der Waals surface area contributed by atoms with E-state index in [-0.39, 0.29) is 34.3 Å². The maximum Gasteiger partial charge on any atom is 0.249 e. The molecule has 4 rings (SSSR count). The van der Waals surface area contributed by atoms with Crippen LogP contribution in [0.5, 0.6) is 0 Å². The Morgan fingerprint density at radius 1 is 1.11 bits per heavy atom. The number of pyridine rings is 1. The number of carbonyl (C=O) groups excluding carboxylic acids is 2. The highest BCUT2D eigenvalue weighted by atomic mass is 32.2. The molecular weight excluding hydrogens is 478 g/mol. The van der Waals surface area contributed by atoms with Crippen LogP contribution in [0.4, 0.5) is 14.5 Å². The van der Waals surface area contributed by atoms with E-state index in [9.17, 15) is 22.4 Å². The van der Waals surface area contributed by atoms with Crippen molar-refractivity contribution in [1.29, 1.82) is 0 Å². The Bertz CT molecular complexity index is 1580. The quantitative estimate of drug-likeness (QED) is 0.316. The minimum atomic E-state index is -3.88. The number of nitrogens with zero attached hydrogens (tertiary/aromatic N) is 1. The van der Waals surface area contributed by atoms with Gasteiger partial charge in [0.05, 0.1) is 17.0 Å². The Labute approximate surface area is 199 Å². The second-order valence-corrected chi connectivity index (χ2v) is 9.61. The molecule has 0 aliphatic rings. The Balaban J connectivity index is 1.81. The van der Waals surface area contributed by atoms with Gasteiger partial charge in [-0.2, -0.15) is 0 Å². The van der Waals surface area contributed by atoms with Crippen LogP contribution >= 0.6 is 0 Å². The van der Waals surface area contributed by atoms with Crippen molar-refractivity contribution in [1.82, 2.24) is 9.97 Å². The van der Waals surface area contributed by atoms with Crippen molar-refractivity contribution in [2.45, 2.75) is 13.3 Å². The van der Waals surface area contributed by atoms with Crippen LogP contribution < -0.4 is 10.5 Å². The number of hydrogen-bond acceptors (Lipinski definition) is 5. The smallest absolute Gasteiger partial charge is 0.249 e. The molecule has 4 N–H and O–H groups in total. The van der Waals surface area contributed by atoms with Crippen molar-refractivity contribution >= 4 is 38.4 Å². The minimum absolute atomic E-state index is 0.0859. The van der Waals surface area contributed by atoms with Gasteiger partial charge in [-0.25, -0.2) is 22.2 Å². The maximum atomic E-state index is 15.2. The molecule has 11 heteroatoms. The van der Waals surface area contributed by atoms with Gasteiger partial charge in [0.25, 0.3) is 0 Å². The van der Waals surface area contributed by atoms with Crippen molar-refractivity contribution in [2.75, 3.05) is 10.5 Å². The number of halogens is 2. The molecule has 1 amide bonds. The van der Waals surface area contributed by atoms with Crippen LogP contribution in [0.1, 0.15) is 39.6 Å². The number of rotatable bonds is 8. The molecule has 0 saturated carbocycles. The third-order valence-electron chi connectivity index (χ3n) is 5.34. The highest BCUT2D eigenvalue weighted by molar-refractivity contribution is 7.92. The third kappa shape index (κ3) is 4.62. The summed E-state index contributed by atoms with van der Waals surface area (Å²) in [6.07, 6.45) is 3.02. The van der Waals surface area contributed by atoms with Crippen molar-refractivity contribution in [3.63, 3.8) is 0 Å². The zero-order valence-corrected chi connectivity index (χ0v) is 19.2. The normalized spacial score (nSPS) is 11.5. The van der Waals surface area contributed by atoms with Crippen LogP contribution in [-0.2, 0) is 10.0 Å². The lowest BCUT2D eigenvalue weighted by atomic mass is 9.97. The summed E-state index contributed by atoms with van der Waals surface area (Å²) < 4.78 is 56.0. The van der Waals surface area contributed by atoms with Gasteiger partial charge < -0.3 is 10.7 Å². The summed E-state index contributed by atoms with van der Waals surface area (Å²) in [4.78, 5) is 32.1. The highest BCUT2D eigenvalue weighted by Crippen LogP contribution is 2.30. The van der Waals surface area contributed by atoms with E-state index in [0.717, 1.165) is 12.1 Å². The number of carbonyl (C=O) groups is 2. The molecular formula is C24H20F2N4O4S. The second-order valence-electron chi connectivity index (χ2n) is 7.77. The number of sulfonamides is 1. The SMILES string of the molecule is CCCS(=O)(=O)Nc1ccc(F)c(C(=O)c2c[nH]c3ncc(-c4ccccc4C(N)=O)cc23)c1F. The Morgan fingerprint density at radius 2 is 1.86 bits per heavy atom. The topological polar surface area (TPSA) is 135 Å². The molecule has 0 atom stereocenters. The highest BCUT2D eigenvalue weighted by Gasteiger charge is 2.26. The number of fused-ring (bicyclic) bond motifs is 1. The number of aromatic nitrogens is 2. The van der Waals surface area contributed by atoms with Crippen molar-refractivity contribution in [3.05, 3.63) is 83.2 Å². The fourth-order valence-electron chi connectivity index (χ4n) is 3.75. The lowest BCUT2D eigenvalue weighted by Gasteiger charge is -2.11. The predicted molar refractivity (Wildman–Crippen MR) is 128 cm³/mol. The Kier molecular flexibility index (Phi) is 6.35. The number of ketones is 1. The fourth-order valence-corrected chi connectivity index (χ4v) is 4.88. The fraction of sp³-hybridized carbons (Fsp3) is 0.125. The number of H-pyrrole nitrogens is 1. The summed E-state index contributed by atoms with van der Waals surface area (Å²) in [5.41, 5.74) is 5.37. The molecule has 35 heavy (non-hydrogen) atoms. The lowest BCUT2D eigenvalue weighted by molar-refractivity contribution is 0.0998. The monoisotopic (exact) mass is 498 g/mol. The summed E-state index contributed by atoms with van der Waals surface area (Å²) in [6, 6.07) is 9.84. The zero-order valence-electron chi connectivity index (χ0n) is 18.4. The van der Waals surface area contributed by atoms with Crippen LogP contribution in [0.25, 0.3) is 22.2 Å². The average molecular weight is 499 g/mol. The number of hydrogen-bond donors (Lipinski definition) is 3. The van der Waals surface area contributed by atoms with Crippen LogP contribution in [0.2, 0.25) is 0 Å². The number of amides is 1. The minimum Gasteiger partial charge on any atom is -0.366 e. The Morgan fingerprint density at radius 3 is 2.57 bits per heavy atom. The molecule has 0 saturated heterocycles. The lowest BCUT2D eigenvalue weighted by Crippen LogP contribution is -2.18. The van der Waals surface area contributed by atoms with Gasteiger partial charge in [0.1, 0.15) is 11.5 Å². The van der Waals surface area contributed by atoms with Gasteiger partial charge in [-0.15, -0.1) is 0 Å². The third-order valence-corrected chi connectivity index (χ3v) is 6.81. The van der Waals surface area contributed by atoms with Gasteiger partial charge in [-0.05, 0) is 36.2 Å². The van der Waals surface area contributed by atoms with Gasteiger partial charge in [-0.1, -0.05) is 25.1 Å². The van der Waals surface area contributed by atoms with E-state index in [2.05, 4.69) is 14.7 Å². The maximum absolute atomic E-state index is 15.2. The van der Waals surface area contributed by atoms with Crippen LogP contribution in [0.15, 0.2) is 54.9 Å². The van der Waals surface area contributed by atoms with E-state index in [1.165, 1.54) is 12.4 Å². The molecule has 2 aromatic heterocycles. The van der Waals surface area contributed by atoms with Crippen LogP contribution in [0.3, 0.4) is 0 Å². The van der Waals surface area contributed by atoms with Crippen LogP contribution in [0, 0.1) is 11.6 Å². The summed E-state index contributed by atoms with van der Waals surface area (Å²) in [5.74, 6) is -4.41. The summed E-state index contributed by atoms with van der Waals surface area (Å²) in [6.45, 7) is 1.64. The summed E-state index contributed by atoms with van der Waals surface area (Å²) in [7, 11) is -3.88. The van der Waals surface area contributed by atoms with Gasteiger partial charge in [0.15, 0.2) is 5.82 Å². The molecule has 0 spiro atoms. The predicted octanol–water partition coefficient (Wildman–Crippen LogP) is 3.99. The Hall–Kier alpha value is -4.12. The van der Waals surface area contributed by atoms with Gasteiger partial charge >= 0.3 is 0 Å². The zero-order chi connectivity index (χ0) is 25.3. The van der Waals surface area contributed by atoms with E-state index >= 15 is 4.39 Å². The van der Waals surface area contributed by atoms with E-state index in [4.69, 9.17) is 5.73 Å². The summed E-state index contributed by atoms with van der Waals surface area (Å²) in [5, 5.41) is 0.252. The largest absolute Gasteiger partial charge is 0.366 e. The summed E-state index contributed by atoms with van der Waals surface area (Å²) >= 11 is 0. The molecule has 2 heterocycles. The first-order chi connectivity index (χ1) is 16.6. The van der Waals surface area contributed by atoms with Crippen molar-refractivity contribution < 1.29 is 26.8 Å². The number of benzene rings is 2. The van der Waals surface area contributed by atoms with E-state index < -0.39 is 44.6 Å². The van der Waals surface area contributed by atoms with Crippen LogP contribution in [-0.4, -0.2) is 35.8 Å². The van der Waals surface area contributed by atoms with Crippen molar-refractivity contribution in [3.8, 4) is 11.1 Å². The van der Waals surface area contributed by atoms with Gasteiger partial charge in [-0.3, -0.25) is 14.3 Å². The number of anilines is 1. The molecule has 8 nitrogen and oxygen atoms in total. The van der Waals surface area contributed by atoms with Crippen molar-refractivity contribution in [2.24, 2.45) is 5.73 Å². The molecule has 0 unspecified atom stereocenters. The van der Waals surface area contributed by atoms with E-state index in [1.54, 1.807) is 37.3 Å². The molecule has 180 valence electrons. The number of nitrogens with two attached hydrogens (primary N) is 1. The number of primary amides is 1. The van der Waals surface area contributed by atoms with E-state index in [1.807, 2.05) is 0 Å². The molecule has 4 aromatic rings. The molecule has 0 aliphatic heterocycles. The molecule has 0 fully saturated rings. The van der Waals surface area contributed by atoms with Gasteiger partial charge in [0.2, 0.25) is 21.7 Å². The first-order valence-electron chi connectivity index (χ1n) is 10.5. The molecule has 0 aliphatic carbocycles. The number of nitrogens with one attached hydrogen (secondary N) is 2. The molecule has 0 radical (unpaired) electrons. The van der Waals surface area contributed by atoms with E-state index in [0.29, 0.717) is 11.1 Å². The standard InChI is InChI=1S/C24H20F2N4O4S/c1-2-9-35(33,34)30-19-8-7-18(25)20(21(19)26)22(31)17-12-29-24-16(17)10-13(11-28-24)14-5-3-4-6-15(14)23(27)32/h3-8,10-12,30H,2,9H2,1H3,(H2,27,32)(H,28,29). The average Bonchev–Trinajstić information content (AvgIpc) is 3.24. The molecule has 2 aromatic carbocycles. The first-order valence-corrected chi connectivity index (χ1v) is 12.2.